The number of benzene rings is 1. The molecule has 0 aromatic heterocycles. The van der Waals surface area contributed by atoms with Crippen molar-refractivity contribution >= 4 is 48.9 Å². The zero-order valence-corrected chi connectivity index (χ0v) is 10.5. The van der Waals surface area contributed by atoms with Gasteiger partial charge in [-0.05, 0) is 44.0 Å². The minimum atomic E-state index is -2.16. The van der Waals surface area contributed by atoms with Gasteiger partial charge in [-0.25, -0.2) is 9.00 Å². The van der Waals surface area contributed by atoms with Crippen LogP contribution in [0.5, 0.6) is 0 Å². The molecule has 76 valence electrons. The smallest absolute Gasteiger partial charge is 0.335 e. The fraction of sp³-hybridized carbons (Fsp3) is 0. The zero-order chi connectivity index (χ0) is 10.9. The van der Waals surface area contributed by atoms with Crippen LogP contribution in [0.3, 0.4) is 0 Å². The van der Waals surface area contributed by atoms with Gasteiger partial charge in [0.2, 0.25) is 0 Å². The first-order chi connectivity index (χ1) is 6.43. The van der Waals surface area contributed by atoms with Gasteiger partial charge in [-0.15, -0.1) is 0 Å². The lowest BCUT2D eigenvalue weighted by atomic mass is 10.2. The first kappa shape index (κ1) is 11.8. The highest BCUT2D eigenvalue weighted by Gasteiger charge is 2.14. The van der Waals surface area contributed by atoms with Crippen LogP contribution in [-0.4, -0.2) is 19.8 Å². The van der Waals surface area contributed by atoms with E-state index in [1.165, 1.54) is 12.1 Å². The number of carboxylic acids is 1. The van der Waals surface area contributed by atoms with Crippen LogP contribution in [0.1, 0.15) is 10.4 Å². The van der Waals surface area contributed by atoms with Crippen molar-refractivity contribution in [1.29, 1.82) is 0 Å². The average Bonchev–Trinajstić information content (AvgIpc) is 2.01. The largest absolute Gasteiger partial charge is 0.478 e. The lowest BCUT2D eigenvalue weighted by Gasteiger charge is -2.04. The van der Waals surface area contributed by atoms with Crippen molar-refractivity contribution in [2.75, 3.05) is 0 Å². The van der Waals surface area contributed by atoms with Gasteiger partial charge in [0.15, 0.2) is 11.1 Å². The van der Waals surface area contributed by atoms with E-state index in [0.717, 1.165) is 0 Å². The van der Waals surface area contributed by atoms with Crippen LogP contribution in [0.25, 0.3) is 0 Å². The van der Waals surface area contributed by atoms with Gasteiger partial charge >= 0.3 is 5.97 Å². The summed E-state index contributed by atoms with van der Waals surface area (Å²) >= 11 is 3.88. The van der Waals surface area contributed by atoms with E-state index in [9.17, 15) is 9.00 Å². The first-order valence-electron chi connectivity index (χ1n) is 3.26. The van der Waals surface area contributed by atoms with E-state index < -0.39 is 17.0 Å². The predicted octanol–water partition coefficient (Wildman–Crippen LogP) is 2.49. The monoisotopic (exact) mass is 342 g/mol. The third-order valence-corrected chi connectivity index (χ3v) is 3.98. The fourth-order valence-electron chi connectivity index (χ4n) is 0.850. The maximum atomic E-state index is 10.8. The summed E-state index contributed by atoms with van der Waals surface area (Å²) in [5.41, 5.74) is 0.0398. The Morgan fingerprint density at radius 1 is 1.29 bits per heavy atom. The number of hydrogen-bond donors (Lipinski definition) is 2. The van der Waals surface area contributed by atoms with Crippen molar-refractivity contribution in [3.8, 4) is 0 Å². The molecule has 0 aliphatic heterocycles. The number of hydrogen-bond acceptors (Lipinski definition) is 2. The molecule has 2 N–H and O–H groups in total. The minimum absolute atomic E-state index is 0.0398. The summed E-state index contributed by atoms with van der Waals surface area (Å²) in [6.45, 7) is 0. The molecule has 0 aliphatic carbocycles. The summed E-state index contributed by atoms with van der Waals surface area (Å²) in [5.74, 6) is -1.10. The average molecular weight is 344 g/mol. The topological polar surface area (TPSA) is 74.6 Å². The summed E-state index contributed by atoms with van der Waals surface area (Å²) in [5, 5.41) is 8.68. The number of carboxylic acid groups (broad SMARTS) is 1. The van der Waals surface area contributed by atoms with Crippen molar-refractivity contribution in [3.63, 3.8) is 0 Å². The molecule has 1 unspecified atom stereocenters. The third-order valence-electron chi connectivity index (χ3n) is 1.42. The van der Waals surface area contributed by atoms with Crippen LogP contribution in [0, 0.1) is 0 Å². The molecule has 0 bridgehead atoms. The molecule has 1 aromatic rings. The van der Waals surface area contributed by atoms with Crippen molar-refractivity contribution in [2.45, 2.75) is 4.90 Å². The summed E-state index contributed by atoms with van der Waals surface area (Å²) in [6.07, 6.45) is 0. The summed E-state index contributed by atoms with van der Waals surface area (Å²) in [4.78, 5) is 10.7. The molecule has 0 spiro atoms. The lowest BCUT2D eigenvalue weighted by Crippen LogP contribution is -1.99. The lowest BCUT2D eigenvalue weighted by molar-refractivity contribution is 0.0696. The molecule has 0 heterocycles. The van der Waals surface area contributed by atoms with Crippen molar-refractivity contribution < 1.29 is 18.7 Å². The van der Waals surface area contributed by atoms with Crippen LogP contribution >= 0.6 is 31.9 Å². The van der Waals surface area contributed by atoms with Crippen molar-refractivity contribution in [1.82, 2.24) is 0 Å². The van der Waals surface area contributed by atoms with E-state index in [2.05, 4.69) is 31.9 Å². The standard InChI is InChI=1S/C7H4Br2O4S/c8-4-1-3(7(10)11)2-5(9)6(4)14(12)13/h1-2H,(H,10,11)(H,12,13). The Labute approximate surface area is 98.9 Å². The first-order valence-corrected chi connectivity index (χ1v) is 5.96. The fourth-order valence-corrected chi connectivity index (χ4v) is 3.32. The van der Waals surface area contributed by atoms with Gasteiger partial charge in [0.25, 0.3) is 0 Å². The van der Waals surface area contributed by atoms with E-state index in [4.69, 9.17) is 9.66 Å². The normalized spacial score (nSPS) is 12.5. The van der Waals surface area contributed by atoms with Crippen LogP contribution in [0.4, 0.5) is 0 Å². The second-order valence-electron chi connectivity index (χ2n) is 2.32. The molecule has 0 saturated carbocycles. The maximum absolute atomic E-state index is 10.8. The van der Waals surface area contributed by atoms with Crippen LogP contribution < -0.4 is 0 Å². The van der Waals surface area contributed by atoms with E-state index in [-0.39, 0.29) is 19.4 Å². The third kappa shape index (κ3) is 2.41. The maximum Gasteiger partial charge on any atom is 0.335 e. The van der Waals surface area contributed by atoms with Crippen LogP contribution in [-0.2, 0) is 11.1 Å². The molecule has 0 aliphatic rings. The number of halogens is 2. The molecule has 0 amide bonds. The second-order valence-corrected chi connectivity index (χ2v) is 4.94. The molecule has 14 heavy (non-hydrogen) atoms. The van der Waals surface area contributed by atoms with Gasteiger partial charge < -0.3 is 9.66 Å². The van der Waals surface area contributed by atoms with Crippen LogP contribution in [0.15, 0.2) is 26.0 Å². The molecular weight excluding hydrogens is 340 g/mol. The van der Waals surface area contributed by atoms with Crippen molar-refractivity contribution in [3.05, 3.63) is 26.6 Å². The zero-order valence-electron chi connectivity index (χ0n) is 6.53. The Morgan fingerprint density at radius 2 is 1.71 bits per heavy atom. The van der Waals surface area contributed by atoms with Gasteiger partial charge in [0.1, 0.15) is 0 Å². The molecule has 4 nitrogen and oxygen atoms in total. The summed E-state index contributed by atoms with van der Waals surface area (Å²) in [6, 6.07) is 2.55. The Kier molecular flexibility index (Phi) is 3.82. The van der Waals surface area contributed by atoms with Gasteiger partial charge in [-0.3, -0.25) is 0 Å². The van der Waals surface area contributed by atoms with Gasteiger partial charge in [-0.1, -0.05) is 0 Å². The van der Waals surface area contributed by atoms with E-state index >= 15 is 0 Å². The van der Waals surface area contributed by atoms with Gasteiger partial charge in [0.05, 0.1) is 10.5 Å². The molecule has 0 radical (unpaired) electrons. The van der Waals surface area contributed by atoms with Gasteiger partial charge in [0, 0.05) is 8.95 Å². The Morgan fingerprint density at radius 3 is 2.00 bits per heavy atom. The van der Waals surface area contributed by atoms with E-state index in [1.54, 1.807) is 0 Å². The molecule has 1 rings (SSSR count). The molecule has 1 aromatic carbocycles. The predicted molar refractivity (Wildman–Crippen MR) is 57.8 cm³/mol. The van der Waals surface area contributed by atoms with E-state index in [1.807, 2.05) is 0 Å². The second kappa shape index (κ2) is 4.52. The quantitative estimate of drug-likeness (QED) is 0.809. The number of aromatic carboxylic acids is 1. The minimum Gasteiger partial charge on any atom is -0.478 e. The molecule has 7 heteroatoms. The summed E-state index contributed by atoms with van der Waals surface area (Å²) < 4.78 is 20.3. The Hall–Kier alpha value is -0.240. The molecular formula is C7H4Br2O4S. The van der Waals surface area contributed by atoms with Crippen molar-refractivity contribution in [2.24, 2.45) is 0 Å². The molecule has 1 atom stereocenters. The highest BCUT2D eigenvalue weighted by molar-refractivity contribution is 9.11. The molecule has 0 saturated heterocycles. The Balaban J connectivity index is 3.39. The Bertz CT molecular complexity index is 395. The molecule has 0 fully saturated rings. The highest BCUT2D eigenvalue weighted by atomic mass is 79.9. The van der Waals surface area contributed by atoms with E-state index in [0.29, 0.717) is 0 Å². The number of carbonyl (C=O) groups is 1. The van der Waals surface area contributed by atoms with Crippen LogP contribution in [0.2, 0.25) is 0 Å². The summed E-state index contributed by atoms with van der Waals surface area (Å²) in [7, 11) is 0. The number of rotatable bonds is 2. The van der Waals surface area contributed by atoms with Gasteiger partial charge in [-0.2, -0.15) is 0 Å². The SMILES string of the molecule is O=C(O)c1cc(Br)c(S(=O)O)c(Br)c1. The highest BCUT2D eigenvalue weighted by Crippen LogP contribution is 2.29.